The highest BCUT2D eigenvalue weighted by atomic mass is 79.9. The fraction of sp³-hybridized carbons (Fsp3) is 0.111. The Morgan fingerprint density at radius 2 is 1.77 bits per heavy atom. The van der Waals surface area contributed by atoms with Crippen LogP contribution in [0.5, 0.6) is 0 Å². The first-order valence-corrected chi connectivity index (χ1v) is 10.4. The third-order valence-electron chi connectivity index (χ3n) is 4.37. The number of nitrogens with zero attached hydrogens (tertiary/aromatic N) is 3. The Labute approximate surface area is 157 Å². The quantitative estimate of drug-likeness (QED) is 0.488. The maximum absolute atomic E-state index is 12.9. The van der Waals surface area contributed by atoms with Crippen molar-refractivity contribution in [2.75, 3.05) is 6.26 Å². The molecule has 4 aromatic rings. The predicted molar refractivity (Wildman–Crippen MR) is 105 cm³/mol. The number of hydrogen-bond acceptors (Lipinski definition) is 4. The minimum Gasteiger partial charge on any atom is -0.293 e. The maximum atomic E-state index is 12.9. The van der Waals surface area contributed by atoms with Gasteiger partial charge in [0.2, 0.25) is 0 Å². The van der Waals surface area contributed by atoms with Crippen molar-refractivity contribution in [2.24, 2.45) is 7.05 Å². The Kier molecular flexibility index (Phi) is 3.78. The Morgan fingerprint density at radius 1 is 1.08 bits per heavy atom. The van der Waals surface area contributed by atoms with E-state index in [-0.39, 0.29) is 10.6 Å². The molecule has 0 aliphatic rings. The molecule has 0 unspecified atom stereocenters. The fourth-order valence-electron chi connectivity index (χ4n) is 3.05. The summed E-state index contributed by atoms with van der Waals surface area (Å²) < 4.78 is 27.4. The van der Waals surface area contributed by atoms with Crippen LogP contribution in [0.2, 0.25) is 0 Å². The SMILES string of the molecule is Cn1c(=O)n(-c2ccc(S(C)(=O)=O)cc2)c2c3cc(Br)ccc3ncc21. The lowest BCUT2D eigenvalue weighted by molar-refractivity contribution is 0.602. The second-order valence-corrected chi connectivity index (χ2v) is 9.03. The molecule has 0 N–H and O–H groups in total. The minimum atomic E-state index is -3.30. The number of fused-ring (bicyclic) bond motifs is 3. The number of pyridine rings is 1. The summed E-state index contributed by atoms with van der Waals surface area (Å²) >= 11 is 3.47. The van der Waals surface area contributed by atoms with Crippen molar-refractivity contribution in [1.29, 1.82) is 0 Å². The summed E-state index contributed by atoms with van der Waals surface area (Å²) in [7, 11) is -1.61. The molecular formula is C18H14BrN3O3S. The van der Waals surface area contributed by atoms with E-state index in [9.17, 15) is 13.2 Å². The van der Waals surface area contributed by atoms with Crippen molar-refractivity contribution in [3.05, 3.63) is 63.6 Å². The van der Waals surface area contributed by atoms with Crippen LogP contribution in [-0.4, -0.2) is 28.8 Å². The van der Waals surface area contributed by atoms with Gasteiger partial charge in [-0.25, -0.2) is 13.2 Å². The molecule has 0 amide bonds. The molecular weight excluding hydrogens is 418 g/mol. The van der Waals surface area contributed by atoms with Gasteiger partial charge in [-0.2, -0.15) is 0 Å². The lowest BCUT2D eigenvalue weighted by Gasteiger charge is -2.07. The van der Waals surface area contributed by atoms with Crippen molar-refractivity contribution in [3.63, 3.8) is 0 Å². The zero-order valence-electron chi connectivity index (χ0n) is 14.0. The van der Waals surface area contributed by atoms with E-state index in [1.807, 2.05) is 18.2 Å². The molecule has 0 bridgehead atoms. The average molecular weight is 432 g/mol. The topological polar surface area (TPSA) is 74.0 Å². The van der Waals surface area contributed by atoms with Crippen LogP contribution in [0.25, 0.3) is 27.6 Å². The third-order valence-corrected chi connectivity index (χ3v) is 5.99. The van der Waals surface area contributed by atoms with Crippen LogP contribution in [0, 0.1) is 0 Å². The van der Waals surface area contributed by atoms with Gasteiger partial charge in [0.1, 0.15) is 0 Å². The van der Waals surface area contributed by atoms with Gasteiger partial charge >= 0.3 is 5.69 Å². The predicted octanol–water partition coefficient (Wildman–Crippen LogP) is 3.04. The number of rotatable bonds is 2. The van der Waals surface area contributed by atoms with Gasteiger partial charge in [0, 0.05) is 23.2 Å². The molecule has 0 fully saturated rings. The van der Waals surface area contributed by atoms with Crippen LogP contribution in [0.1, 0.15) is 0 Å². The lowest BCUT2D eigenvalue weighted by atomic mass is 10.2. The van der Waals surface area contributed by atoms with Crippen molar-refractivity contribution in [1.82, 2.24) is 14.1 Å². The van der Waals surface area contributed by atoms with Gasteiger partial charge in [0.25, 0.3) is 0 Å². The molecule has 2 aromatic carbocycles. The monoisotopic (exact) mass is 431 g/mol. The first-order chi connectivity index (χ1) is 12.3. The van der Waals surface area contributed by atoms with Crippen LogP contribution in [-0.2, 0) is 16.9 Å². The average Bonchev–Trinajstić information content (AvgIpc) is 2.86. The summed E-state index contributed by atoms with van der Waals surface area (Å²) in [6.45, 7) is 0. The van der Waals surface area contributed by atoms with Crippen molar-refractivity contribution >= 4 is 47.7 Å². The number of benzene rings is 2. The molecule has 0 radical (unpaired) electrons. The summed E-state index contributed by atoms with van der Waals surface area (Å²) in [5.74, 6) is 0. The molecule has 0 aliphatic heterocycles. The largest absolute Gasteiger partial charge is 0.333 e. The normalized spacial score (nSPS) is 12.1. The number of imidazole rings is 1. The summed E-state index contributed by atoms with van der Waals surface area (Å²) in [6, 6.07) is 12.0. The van der Waals surface area contributed by atoms with Gasteiger partial charge < -0.3 is 0 Å². The van der Waals surface area contributed by atoms with E-state index in [4.69, 9.17) is 0 Å². The Bertz CT molecular complexity index is 1340. The highest BCUT2D eigenvalue weighted by molar-refractivity contribution is 9.10. The number of hydrogen-bond donors (Lipinski definition) is 0. The molecule has 0 aliphatic carbocycles. The summed E-state index contributed by atoms with van der Waals surface area (Å²) in [5, 5.41) is 0.835. The molecule has 2 aromatic heterocycles. The number of sulfone groups is 1. The Morgan fingerprint density at radius 3 is 2.42 bits per heavy atom. The van der Waals surface area contributed by atoms with E-state index in [2.05, 4.69) is 20.9 Å². The summed E-state index contributed by atoms with van der Waals surface area (Å²) in [5.41, 5.74) is 2.58. The van der Waals surface area contributed by atoms with Crippen LogP contribution < -0.4 is 5.69 Å². The van der Waals surface area contributed by atoms with E-state index in [1.54, 1.807) is 29.9 Å². The molecule has 26 heavy (non-hydrogen) atoms. The van der Waals surface area contributed by atoms with Crippen LogP contribution in [0.15, 0.2) is 62.8 Å². The smallest absolute Gasteiger partial charge is 0.293 e. The van der Waals surface area contributed by atoms with E-state index in [0.717, 1.165) is 27.1 Å². The summed E-state index contributed by atoms with van der Waals surface area (Å²) in [4.78, 5) is 17.5. The zero-order chi connectivity index (χ0) is 18.6. The van der Waals surface area contributed by atoms with Gasteiger partial charge in [-0.15, -0.1) is 0 Å². The van der Waals surface area contributed by atoms with Gasteiger partial charge in [0.15, 0.2) is 9.84 Å². The zero-order valence-corrected chi connectivity index (χ0v) is 16.4. The Hall–Kier alpha value is -2.45. The molecule has 0 saturated carbocycles. The standard InChI is InChI=1S/C18H14BrN3O3S/c1-21-16-10-20-15-8-3-11(19)9-14(15)17(16)22(18(21)23)12-4-6-13(7-5-12)26(2,24)25/h3-10H,1-2H3. The van der Waals surface area contributed by atoms with Gasteiger partial charge in [0.05, 0.1) is 33.3 Å². The van der Waals surface area contributed by atoms with Crippen molar-refractivity contribution in [3.8, 4) is 5.69 Å². The first-order valence-electron chi connectivity index (χ1n) is 7.73. The number of aryl methyl sites for hydroxylation is 1. The minimum absolute atomic E-state index is 0.212. The van der Waals surface area contributed by atoms with Crippen LogP contribution >= 0.6 is 15.9 Å². The van der Waals surface area contributed by atoms with Gasteiger partial charge in [-0.05, 0) is 42.5 Å². The molecule has 4 rings (SSSR count). The maximum Gasteiger partial charge on any atom is 0.333 e. The third kappa shape index (κ3) is 2.57. The fourth-order valence-corrected chi connectivity index (χ4v) is 4.04. The second-order valence-electron chi connectivity index (χ2n) is 6.10. The van der Waals surface area contributed by atoms with E-state index >= 15 is 0 Å². The van der Waals surface area contributed by atoms with Crippen LogP contribution in [0.4, 0.5) is 0 Å². The summed E-state index contributed by atoms with van der Waals surface area (Å²) in [6.07, 6.45) is 2.83. The molecule has 6 nitrogen and oxygen atoms in total. The molecule has 0 atom stereocenters. The lowest BCUT2D eigenvalue weighted by Crippen LogP contribution is -2.20. The van der Waals surface area contributed by atoms with E-state index in [0.29, 0.717) is 11.2 Å². The number of halogens is 1. The second kappa shape index (κ2) is 5.78. The Balaban J connectivity index is 2.11. The number of aromatic nitrogens is 3. The first kappa shape index (κ1) is 17.0. The molecule has 0 spiro atoms. The van der Waals surface area contributed by atoms with E-state index in [1.165, 1.54) is 16.7 Å². The van der Waals surface area contributed by atoms with Crippen LogP contribution in [0.3, 0.4) is 0 Å². The highest BCUT2D eigenvalue weighted by Gasteiger charge is 2.17. The van der Waals surface area contributed by atoms with E-state index < -0.39 is 9.84 Å². The van der Waals surface area contributed by atoms with Crippen molar-refractivity contribution in [2.45, 2.75) is 4.90 Å². The molecule has 2 heterocycles. The molecule has 0 saturated heterocycles. The molecule has 132 valence electrons. The molecule has 8 heteroatoms. The van der Waals surface area contributed by atoms with Crippen molar-refractivity contribution < 1.29 is 8.42 Å². The highest BCUT2D eigenvalue weighted by Crippen LogP contribution is 2.27. The van der Waals surface area contributed by atoms with Gasteiger partial charge in [-0.1, -0.05) is 15.9 Å². The van der Waals surface area contributed by atoms with Gasteiger partial charge in [-0.3, -0.25) is 14.1 Å².